The fourth-order valence-electron chi connectivity index (χ4n) is 2.31. The van der Waals surface area contributed by atoms with Crippen LogP contribution in [0.2, 0.25) is 0 Å². The molecule has 0 amide bonds. The van der Waals surface area contributed by atoms with Gasteiger partial charge in [0.1, 0.15) is 0 Å². The summed E-state index contributed by atoms with van der Waals surface area (Å²) in [6.07, 6.45) is 2.65. The predicted octanol–water partition coefficient (Wildman–Crippen LogP) is 2.71. The third-order valence-corrected chi connectivity index (χ3v) is 4.21. The molecule has 4 heteroatoms. The number of nitrogens with one attached hydrogen (secondary N) is 2. The van der Waals surface area contributed by atoms with Crippen LogP contribution in [-0.4, -0.2) is 33.1 Å². The number of anilines is 1. The highest BCUT2D eigenvalue weighted by Crippen LogP contribution is 2.23. The van der Waals surface area contributed by atoms with Gasteiger partial charge in [0.25, 0.3) is 0 Å². The first-order valence-corrected chi connectivity index (χ1v) is 7.89. The topological polar surface area (TPSA) is 27.3 Å². The van der Waals surface area contributed by atoms with Gasteiger partial charge in [-0.25, -0.2) is 0 Å². The molecule has 0 spiro atoms. The maximum atomic E-state index is 3.27. The predicted molar refractivity (Wildman–Crippen MR) is 86.4 cm³/mol. The van der Waals surface area contributed by atoms with Crippen LogP contribution in [-0.2, 0) is 0 Å². The van der Waals surface area contributed by atoms with Gasteiger partial charge in [-0.3, -0.25) is 0 Å². The van der Waals surface area contributed by atoms with Crippen LogP contribution in [0, 0.1) is 0 Å². The van der Waals surface area contributed by atoms with Gasteiger partial charge in [0.15, 0.2) is 0 Å². The Morgan fingerprint density at radius 2 is 1.89 bits per heavy atom. The summed E-state index contributed by atoms with van der Waals surface area (Å²) in [7, 11) is 3.94. The number of nitrogens with zero attached hydrogens (tertiary/aromatic N) is 1. The van der Waals surface area contributed by atoms with E-state index in [0.717, 1.165) is 5.88 Å². The molecule has 0 bridgehead atoms. The van der Waals surface area contributed by atoms with E-state index in [1.54, 1.807) is 11.8 Å². The maximum absolute atomic E-state index is 3.27. The number of thioether (sulfide) groups is 1. The van der Waals surface area contributed by atoms with Crippen molar-refractivity contribution < 1.29 is 0 Å². The second kappa shape index (κ2) is 7.46. The molecule has 2 N–H and O–H groups in total. The van der Waals surface area contributed by atoms with Gasteiger partial charge in [0.2, 0.25) is 0 Å². The molecule has 0 atom stereocenters. The Morgan fingerprint density at radius 3 is 2.47 bits per heavy atom. The van der Waals surface area contributed by atoms with E-state index in [1.165, 1.54) is 42.9 Å². The molecule has 1 saturated heterocycles. The first-order valence-electron chi connectivity index (χ1n) is 6.84. The Kier molecular flexibility index (Phi) is 5.61. The Labute approximate surface area is 120 Å². The van der Waals surface area contributed by atoms with Crippen LogP contribution in [0.4, 0.5) is 5.69 Å². The van der Waals surface area contributed by atoms with Crippen molar-refractivity contribution in [3.63, 3.8) is 0 Å². The van der Waals surface area contributed by atoms with Gasteiger partial charge < -0.3 is 15.5 Å². The van der Waals surface area contributed by atoms with Crippen LogP contribution in [0.5, 0.6) is 0 Å². The van der Waals surface area contributed by atoms with Gasteiger partial charge in [0, 0.05) is 37.4 Å². The van der Waals surface area contributed by atoms with Crippen molar-refractivity contribution in [3.8, 4) is 0 Å². The minimum Gasteiger partial charge on any atom is -0.387 e. The van der Waals surface area contributed by atoms with Gasteiger partial charge in [0.05, 0.1) is 0 Å². The Hall–Kier alpha value is -1.13. The van der Waals surface area contributed by atoms with Crippen molar-refractivity contribution in [2.24, 2.45) is 0 Å². The summed E-state index contributed by atoms with van der Waals surface area (Å²) in [6, 6.07) is 8.87. The van der Waals surface area contributed by atoms with Crippen LogP contribution in [0.15, 0.2) is 29.7 Å². The molecule has 1 aliphatic heterocycles. The lowest BCUT2D eigenvalue weighted by Gasteiger charge is -2.18. The van der Waals surface area contributed by atoms with Gasteiger partial charge in [-0.2, -0.15) is 0 Å². The third kappa shape index (κ3) is 3.91. The van der Waals surface area contributed by atoms with Crippen LogP contribution >= 0.6 is 11.8 Å². The van der Waals surface area contributed by atoms with Gasteiger partial charge in [-0.15, -0.1) is 11.8 Å². The van der Waals surface area contributed by atoms with Crippen LogP contribution in [0.3, 0.4) is 0 Å². The molecular weight excluding hydrogens is 254 g/mol. The highest BCUT2D eigenvalue weighted by atomic mass is 32.2. The maximum Gasteiger partial charge on any atom is 0.0475 e. The minimum atomic E-state index is 0.928. The number of rotatable bonds is 6. The molecule has 1 aromatic rings. The molecule has 1 aromatic carbocycles. The minimum absolute atomic E-state index is 0.928. The fraction of sp³-hybridized carbons (Fsp3) is 0.467. The third-order valence-electron chi connectivity index (χ3n) is 3.35. The molecule has 2 rings (SSSR count). The smallest absolute Gasteiger partial charge is 0.0475 e. The number of benzene rings is 1. The van der Waals surface area contributed by atoms with E-state index in [9.17, 15) is 0 Å². The molecular formula is C15H23N3S. The normalized spacial score (nSPS) is 15.9. The molecule has 0 aromatic heterocycles. The summed E-state index contributed by atoms with van der Waals surface area (Å²) in [5.74, 6) is 0.928. The van der Waals surface area contributed by atoms with E-state index in [0.29, 0.717) is 0 Å². The van der Waals surface area contributed by atoms with E-state index in [1.807, 2.05) is 14.1 Å². The summed E-state index contributed by atoms with van der Waals surface area (Å²) in [6.45, 7) is 2.40. The standard InChI is InChI=1S/C15H23N3S/c1-16-12-19-11-15(17-2)13-5-7-14(8-6-13)18-9-3-4-10-18/h5-8,11,16-17H,3-4,9-10,12H2,1-2H3/b15-11-. The van der Waals surface area contributed by atoms with Crippen LogP contribution < -0.4 is 15.5 Å². The van der Waals surface area contributed by atoms with Crippen LogP contribution in [0.1, 0.15) is 18.4 Å². The highest BCUT2D eigenvalue weighted by molar-refractivity contribution is 8.02. The first-order chi connectivity index (χ1) is 9.35. The molecule has 0 saturated carbocycles. The molecule has 1 aliphatic rings. The van der Waals surface area contributed by atoms with Crippen molar-refractivity contribution in [2.75, 3.05) is 38.0 Å². The van der Waals surface area contributed by atoms with E-state index in [4.69, 9.17) is 0 Å². The highest BCUT2D eigenvalue weighted by Gasteiger charge is 2.12. The fourth-order valence-corrected chi connectivity index (χ4v) is 2.98. The van der Waals surface area contributed by atoms with Crippen LogP contribution in [0.25, 0.3) is 5.70 Å². The molecule has 19 heavy (non-hydrogen) atoms. The van der Waals surface area contributed by atoms with E-state index in [2.05, 4.69) is 45.2 Å². The Balaban J connectivity index is 2.05. The lowest BCUT2D eigenvalue weighted by Crippen LogP contribution is -2.17. The average Bonchev–Trinajstić information content (AvgIpc) is 2.98. The van der Waals surface area contributed by atoms with Crippen molar-refractivity contribution in [3.05, 3.63) is 35.2 Å². The molecule has 1 heterocycles. The summed E-state index contributed by atoms with van der Waals surface area (Å²) in [5, 5.41) is 8.56. The van der Waals surface area contributed by atoms with Crippen molar-refractivity contribution >= 4 is 23.1 Å². The lowest BCUT2D eigenvalue weighted by atomic mass is 10.1. The molecule has 0 aliphatic carbocycles. The Morgan fingerprint density at radius 1 is 1.21 bits per heavy atom. The first kappa shape index (κ1) is 14.3. The second-order valence-electron chi connectivity index (χ2n) is 4.69. The summed E-state index contributed by atoms with van der Waals surface area (Å²) >= 11 is 1.76. The largest absolute Gasteiger partial charge is 0.387 e. The molecule has 0 radical (unpaired) electrons. The average molecular weight is 277 g/mol. The molecule has 0 unspecified atom stereocenters. The van der Waals surface area contributed by atoms with Crippen molar-refractivity contribution in [1.29, 1.82) is 0 Å². The quantitative estimate of drug-likeness (QED) is 0.617. The number of hydrogen-bond acceptors (Lipinski definition) is 4. The summed E-state index contributed by atoms with van der Waals surface area (Å²) in [4.78, 5) is 2.46. The monoisotopic (exact) mass is 277 g/mol. The SMILES string of the molecule is CNCS/C=C(\NC)c1ccc(N2CCCC2)cc1. The molecule has 3 nitrogen and oxygen atoms in total. The van der Waals surface area contributed by atoms with Gasteiger partial charge in [-0.05, 0) is 43.0 Å². The van der Waals surface area contributed by atoms with Gasteiger partial charge in [-0.1, -0.05) is 12.1 Å². The zero-order valence-corrected chi connectivity index (χ0v) is 12.6. The van der Waals surface area contributed by atoms with E-state index in [-0.39, 0.29) is 0 Å². The molecule has 104 valence electrons. The van der Waals surface area contributed by atoms with E-state index < -0.39 is 0 Å². The Bertz CT molecular complexity index is 408. The zero-order chi connectivity index (χ0) is 13.5. The van der Waals surface area contributed by atoms with Gasteiger partial charge >= 0.3 is 0 Å². The summed E-state index contributed by atoms with van der Waals surface area (Å²) in [5.41, 5.74) is 3.77. The lowest BCUT2D eigenvalue weighted by molar-refractivity contribution is 0.949. The zero-order valence-electron chi connectivity index (χ0n) is 11.8. The van der Waals surface area contributed by atoms with E-state index >= 15 is 0 Å². The second-order valence-corrected chi connectivity index (χ2v) is 5.54. The van der Waals surface area contributed by atoms with Crippen molar-refractivity contribution in [2.45, 2.75) is 12.8 Å². The number of hydrogen-bond donors (Lipinski definition) is 2. The summed E-state index contributed by atoms with van der Waals surface area (Å²) < 4.78 is 0. The van der Waals surface area contributed by atoms with Crippen molar-refractivity contribution in [1.82, 2.24) is 10.6 Å². The molecule has 1 fully saturated rings.